The molecule has 4 nitrogen and oxygen atoms in total. The number of rotatable bonds is 3. The van der Waals surface area contributed by atoms with Crippen LogP contribution in [0.1, 0.15) is 25.4 Å². The predicted octanol–water partition coefficient (Wildman–Crippen LogP) is 1.21. The van der Waals surface area contributed by atoms with Crippen molar-refractivity contribution in [2.24, 2.45) is 0 Å². The maximum absolute atomic E-state index is 11.2. The summed E-state index contributed by atoms with van der Waals surface area (Å²) in [6, 6.07) is 0. The van der Waals surface area contributed by atoms with E-state index in [4.69, 9.17) is 4.74 Å². The highest BCUT2D eigenvalue weighted by Crippen LogP contribution is 1.99. The number of aryl methyl sites for hydroxylation is 1. The van der Waals surface area contributed by atoms with E-state index in [2.05, 4.69) is 9.97 Å². The number of nitrogens with one attached hydrogen (secondary N) is 1. The maximum Gasteiger partial charge on any atom is 0.312 e. The Hall–Kier alpha value is -1.32. The van der Waals surface area contributed by atoms with E-state index in [1.54, 1.807) is 6.20 Å². The molecule has 0 atom stereocenters. The van der Waals surface area contributed by atoms with E-state index in [0.717, 1.165) is 11.5 Å². The first-order chi connectivity index (χ1) is 6.08. The fourth-order valence-electron chi connectivity index (χ4n) is 1.02. The van der Waals surface area contributed by atoms with Gasteiger partial charge in [-0.15, -0.1) is 0 Å². The van der Waals surface area contributed by atoms with Gasteiger partial charge in [-0.2, -0.15) is 0 Å². The topological polar surface area (TPSA) is 55.0 Å². The van der Waals surface area contributed by atoms with E-state index in [1.807, 2.05) is 20.8 Å². The van der Waals surface area contributed by atoms with Crippen LogP contribution in [0.2, 0.25) is 0 Å². The molecule has 0 bridgehead atoms. The van der Waals surface area contributed by atoms with Gasteiger partial charge < -0.3 is 9.72 Å². The summed E-state index contributed by atoms with van der Waals surface area (Å²) in [6.45, 7) is 5.50. The number of hydrogen-bond acceptors (Lipinski definition) is 3. The summed E-state index contributed by atoms with van der Waals surface area (Å²) in [7, 11) is 0. The quantitative estimate of drug-likeness (QED) is 0.715. The zero-order chi connectivity index (χ0) is 9.84. The molecule has 0 saturated carbocycles. The highest BCUT2D eigenvalue weighted by atomic mass is 16.5. The number of nitrogens with zero attached hydrogens (tertiary/aromatic N) is 1. The summed E-state index contributed by atoms with van der Waals surface area (Å²) < 4.78 is 4.98. The van der Waals surface area contributed by atoms with Crippen molar-refractivity contribution < 1.29 is 9.53 Å². The third kappa shape index (κ3) is 3.27. The SMILES string of the molecule is Cc1ncc(CC(=O)OC(C)C)[nH]1. The predicted molar refractivity (Wildman–Crippen MR) is 48.3 cm³/mol. The molecule has 0 saturated heterocycles. The van der Waals surface area contributed by atoms with E-state index in [9.17, 15) is 4.79 Å². The lowest BCUT2D eigenvalue weighted by molar-refractivity contribution is -0.146. The van der Waals surface area contributed by atoms with Crippen LogP contribution in [0.5, 0.6) is 0 Å². The van der Waals surface area contributed by atoms with E-state index >= 15 is 0 Å². The Morgan fingerprint density at radius 2 is 2.38 bits per heavy atom. The van der Waals surface area contributed by atoms with Crippen LogP contribution < -0.4 is 0 Å². The number of aromatic amines is 1. The Morgan fingerprint density at radius 1 is 1.69 bits per heavy atom. The Labute approximate surface area is 77.3 Å². The molecular weight excluding hydrogens is 168 g/mol. The lowest BCUT2D eigenvalue weighted by atomic mass is 10.3. The van der Waals surface area contributed by atoms with Gasteiger partial charge in [0.25, 0.3) is 0 Å². The Morgan fingerprint density at radius 3 is 2.85 bits per heavy atom. The maximum atomic E-state index is 11.2. The van der Waals surface area contributed by atoms with Gasteiger partial charge in [0.1, 0.15) is 5.82 Å². The Balaban J connectivity index is 2.45. The number of H-pyrrole nitrogens is 1. The Bertz CT molecular complexity index is 292. The molecule has 72 valence electrons. The van der Waals surface area contributed by atoms with Crippen molar-refractivity contribution in [1.82, 2.24) is 9.97 Å². The molecule has 0 aliphatic heterocycles. The van der Waals surface area contributed by atoms with Crippen molar-refractivity contribution in [1.29, 1.82) is 0 Å². The summed E-state index contributed by atoms with van der Waals surface area (Å²) >= 11 is 0. The fourth-order valence-corrected chi connectivity index (χ4v) is 1.02. The minimum Gasteiger partial charge on any atom is -0.463 e. The van der Waals surface area contributed by atoms with Crippen molar-refractivity contribution in [2.45, 2.75) is 33.3 Å². The molecule has 0 spiro atoms. The van der Waals surface area contributed by atoms with E-state index in [0.29, 0.717) is 0 Å². The second kappa shape index (κ2) is 4.07. The first kappa shape index (κ1) is 9.77. The normalized spacial score (nSPS) is 10.5. The molecule has 13 heavy (non-hydrogen) atoms. The third-order valence-electron chi connectivity index (χ3n) is 1.46. The van der Waals surface area contributed by atoms with Gasteiger partial charge in [0.05, 0.1) is 12.5 Å². The lowest BCUT2D eigenvalue weighted by Gasteiger charge is -2.06. The van der Waals surface area contributed by atoms with Crippen LogP contribution in [0.4, 0.5) is 0 Å². The third-order valence-corrected chi connectivity index (χ3v) is 1.46. The molecular formula is C9H14N2O2. The van der Waals surface area contributed by atoms with E-state index in [1.165, 1.54) is 0 Å². The smallest absolute Gasteiger partial charge is 0.312 e. The van der Waals surface area contributed by atoms with Crippen LogP contribution in [-0.4, -0.2) is 22.0 Å². The van der Waals surface area contributed by atoms with Crippen molar-refractivity contribution in [2.75, 3.05) is 0 Å². The minimum absolute atomic E-state index is 0.0588. The fraction of sp³-hybridized carbons (Fsp3) is 0.556. The average Bonchev–Trinajstić information content (AvgIpc) is 2.33. The molecule has 1 aromatic rings. The number of imidazole rings is 1. The molecule has 0 radical (unpaired) electrons. The van der Waals surface area contributed by atoms with Gasteiger partial charge in [-0.05, 0) is 20.8 Å². The van der Waals surface area contributed by atoms with Crippen molar-refractivity contribution in [3.8, 4) is 0 Å². The highest BCUT2D eigenvalue weighted by Gasteiger charge is 2.07. The van der Waals surface area contributed by atoms with Crippen molar-refractivity contribution >= 4 is 5.97 Å². The monoisotopic (exact) mass is 182 g/mol. The van der Waals surface area contributed by atoms with Crippen LogP contribution in [0, 0.1) is 6.92 Å². The van der Waals surface area contributed by atoms with Crippen LogP contribution in [0.15, 0.2) is 6.20 Å². The van der Waals surface area contributed by atoms with Crippen molar-refractivity contribution in [3.63, 3.8) is 0 Å². The molecule has 1 N–H and O–H groups in total. The number of hydrogen-bond donors (Lipinski definition) is 1. The van der Waals surface area contributed by atoms with Gasteiger partial charge in [0.15, 0.2) is 0 Å². The van der Waals surface area contributed by atoms with Crippen LogP contribution in [-0.2, 0) is 16.0 Å². The van der Waals surface area contributed by atoms with Crippen molar-refractivity contribution in [3.05, 3.63) is 17.7 Å². The standard InChI is InChI=1S/C9H14N2O2/c1-6(2)13-9(12)4-8-5-10-7(3)11-8/h5-6H,4H2,1-3H3,(H,10,11). The number of esters is 1. The van der Waals surface area contributed by atoms with Crippen LogP contribution in [0.3, 0.4) is 0 Å². The zero-order valence-corrected chi connectivity index (χ0v) is 8.13. The van der Waals surface area contributed by atoms with Gasteiger partial charge in [-0.3, -0.25) is 4.79 Å². The molecule has 0 aliphatic carbocycles. The first-order valence-electron chi connectivity index (χ1n) is 4.28. The van der Waals surface area contributed by atoms with Gasteiger partial charge in [-0.25, -0.2) is 4.98 Å². The summed E-state index contributed by atoms with van der Waals surface area (Å²) in [5, 5.41) is 0. The largest absolute Gasteiger partial charge is 0.463 e. The summed E-state index contributed by atoms with van der Waals surface area (Å²) in [5.74, 6) is 0.589. The molecule has 1 rings (SSSR count). The highest BCUT2D eigenvalue weighted by molar-refractivity contribution is 5.72. The number of ether oxygens (including phenoxy) is 1. The van der Waals surface area contributed by atoms with E-state index in [-0.39, 0.29) is 18.5 Å². The summed E-state index contributed by atoms with van der Waals surface area (Å²) in [6.07, 6.45) is 1.85. The van der Waals surface area contributed by atoms with Crippen LogP contribution >= 0.6 is 0 Å². The second-order valence-electron chi connectivity index (χ2n) is 3.21. The number of aromatic nitrogens is 2. The van der Waals surface area contributed by atoms with Gasteiger partial charge in [0, 0.05) is 11.9 Å². The summed E-state index contributed by atoms with van der Waals surface area (Å²) in [4.78, 5) is 18.1. The summed E-state index contributed by atoms with van der Waals surface area (Å²) in [5.41, 5.74) is 0.795. The molecule has 0 fully saturated rings. The van der Waals surface area contributed by atoms with Gasteiger partial charge in [-0.1, -0.05) is 0 Å². The Kier molecular flexibility index (Phi) is 3.06. The van der Waals surface area contributed by atoms with Gasteiger partial charge in [0.2, 0.25) is 0 Å². The lowest BCUT2D eigenvalue weighted by Crippen LogP contribution is -2.13. The average molecular weight is 182 g/mol. The van der Waals surface area contributed by atoms with E-state index < -0.39 is 0 Å². The second-order valence-corrected chi connectivity index (χ2v) is 3.21. The molecule has 0 amide bonds. The first-order valence-corrected chi connectivity index (χ1v) is 4.28. The minimum atomic E-state index is -0.223. The number of carbonyl (C=O) groups excluding carboxylic acids is 1. The molecule has 4 heteroatoms. The molecule has 0 unspecified atom stereocenters. The molecule has 1 heterocycles. The molecule has 0 aromatic carbocycles. The van der Waals surface area contributed by atoms with Crippen LogP contribution in [0.25, 0.3) is 0 Å². The van der Waals surface area contributed by atoms with Gasteiger partial charge >= 0.3 is 5.97 Å². The number of carbonyl (C=O) groups is 1. The molecule has 1 aromatic heterocycles. The molecule has 0 aliphatic rings. The zero-order valence-electron chi connectivity index (χ0n) is 8.13.